The lowest BCUT2D eigenvalue weighted by molar-refractivity contribution is -0.306. The maximum absolute atomic E-state index is 13.0. The Kier molecular flexibility index (Phi) is 10.4. The van der Waals surface area contributed by atoms with E-state index >= 15 is 0 Å². The molecule has 0 saturated carbocycles. The maximum Gasteiger partial charge on any atom is 0.336 e. The number of hydrogen-bond donors (Lipinski definition) is 8. The molecule has 246 valence electrons. The van der Waals surface area contributed by atoms with Crippen LogP contribution in [0.5, 0.6) is 17.2 Å². The molecule has 45 heavy (non-hydrogen) atoms. The highest BCUT2D eigenvalue weighted by atomic mass is 16.7. The summed E-state index contributed by atoms with van der Waals surface area (Å²) >= 11 is 0. The third kappa shape index (κ3) is 6.98. The zero-order valence-corrected chi connectivity index (χ0v) is 24.0. The lowest BCUT2D eigenvalue weighted by Crippen LogP contribution is -2.60. The normalized spacial score (nSPS) is 36.5. The van der Waals surface area contributed by atoms with E-state index in [2.05, 4.69) is 0 Å². The van der Waals surface area contributed by atoms with Crippen LogP contribution in [0.15, 0.2) is 48.5 Å². The standard InChI is InChI=1S/C30H36O15/c1-40-16-7-4-14-8-19(43-30-28(39)26(37)24(35)21(12-32)45-30)17(10-22(33)42-18(14)9-16)13-2-5-15(6-3-13)41-29-27(38)25(36)23(34)20(11-31)44-29/h2-7,9-10,19-21,23-32,34-39H,8,11-12H2,1H3/b17-10-. The molecule has 3 aliphatic heterocycles. The highest BCUT2D eigenvalue weighted by Crippen LogP contribution is 2.35. The third-order valence-corrected chi connectivity index (χ3v) is 7.95. The van der Waals surface area contributed by atoms with Crippen LogP contribution in [-0.4, -0.2) is 135 Å². The highest BCUT2D eigenvalue weighted by Gasteiger charge is 2.46. The molecule has 8 N–H and O–H groups in total. The fraction of sp³-hybridized carbons (Fsp3) is 0.500. The Balaban J connectivity index is 1.44. The Morgan fingerprint density at radius 3 is 1.93 bits per heavy atom. The first-order valence-corrected chi connectivity index (χ1v) is 14.2. The van der Waals surface area contributed by atoms with Gasteiger partial charge >= 0.3 is 5.97 Å². The summed E-state index contributed by atoms with van der Waals surface area (Å²) < 4.78 is 33.6. The largest absolute Gasteiger partial charge is 0.497 e. The fourth-order valence-corrected chi connectivity index (χ4v) is 5.35. The Morgan fingerprint density at radius 1 is 0.756 bits per heavy atom. The molecule has 11 atom stereocenters. The molecule has 0 spiro atoms. The lowest BCUT2D eigenvalue weighted by Gasteiger charge is -2.41. The van der Waals surface area contributed by atoms with Gasteiger partial charge in [0, 0.05) is 18.6 Å². The van der Waals surface area contributed by atoms with Gasteiger partial charge in [0.1, 0.15) is 66.1 Å². The Labute approximate surface area is 257 Å². The summed E-state index contributed by atoms with van der Waals surface area (Å²) in [5, 5.41) is 80.7. The van der Waals surface area contributed by atoms with Crippen molar-refractivity contribution in [3.8, 4) is 17.2 Å². The summed E-state index contributed by atoms with van der Waals surface area (Å²) in [7, 11) is 1.46. The zero-order valence-electron chi connectivity index (χ0n) is 24.0. The predicted molar refractivity (Wildman–Crippen MR) is 150 cm³/mol. The Hall–Kier alpha value is -3.19. The predicted octanol–water partition coefficient (Wildman–Crippen LogP) is -2.40. The second-order valence-corrected chi connectivity index (χ2v) is 10.9. The minimum absolute atomic E-state index is 0.0799. The first-order chi connectivity index (χ1) is 21.5. The van der Waals surface area contributed by atoms with Gasteiger partial charge in [-0.2, -0.15) is 0 Å². The summed E-state index contributed by atoms with van der Waals surface area (Å²) in [5.41, 5.74) is 1.24. The van der Waals surface area contributed by atoms with Gasteiger partial charge in [-0.15, -0.1) is 0 Å². The van der Waals surface area contributed by atoms with E-state index in [0.29, 0.717) is 16.9 Å². The van der Waals surface area contributed by atoms with Gasteiger partial charge in [-0.25, -0.2) is 4.79 Å². The molecule has 3 aliphatic rings. The molecule has 0 radical (unpaired) electrons. The van der Waals surface area contributed by atoms with Crippen molar-refractivity contribution >= 4 is 11.5 Å². The summed E-state index contributed by atoms with van der Waals surface area (Å²) in [6, 6.07) is 10.9. The molecule has 3 heterocycles. The molecule has 0 aromatic heterocycles. The number of aliphatic hydroxyl groups is 8. The highest BCUT2D eigenvalue weighted by molar-refractivity contribution is 5.94. The van der Waals surface area contributed by atoms with Crippen LogP contribution in [0.1, 0.15) is 11.1 Å². The van der Waals surface area contributed by atoms with Crippen LogP contribution >= 0.6 is 0 Å². The second kappa shape index (κ2) is 14.1. The molecule has 5 rings (SSSR count). The van der Waals surface area contributed by atoms with Crippen LogP contribution in [-0.2, 0) is 25.4 Å². The number of ether oxygens (including phenoxy) is 6. The topological polar surface area (TPSA) is 234 Å². The average Bonchev–Trinajstić information content (AvgIpc) is 3.04. The van der Waals surface area contributed by atoms with E-state index in [-0.39, 0.29) is 23.5 Å². The van der Waals surface area contributed by atoms with Gasteiger partial charge in [0.05, 0.1) is 26.4 Å². The van der Waals surface area contributed by atoms with E-state index in [1.165, 1.54) is 31.4 Å². The fourth-order valence-electron chi connectivity index (χ4n) is 5.35. The number of rotatable bonds is 8. The average molecular weight is 637 g/mol. The van der Waals surface area contributed by atoms with E-state index in [1.807, 2.05) is 0 Å². The molecule has 2 fully saturated rings. The number of hydrogen-bond acceptors (Lipinski definition) is 15. The van der Waals surface area contributed by atoms with Crippen molar-refractivity contribution in [3.63, 3.8) is 0 Å². The molecule has 2 aromatic carbocycles. The van der Waals surface area contributed by atoms with Gasteiger partial charge in [0.15, 0.2) is 6.29 Å². The second-order valence-electron chi connectivity index (χ2n) is 10.9. The number of methoxy groups -OCH3 is 1. The van der Waals surface area contributed by atoms with Crippen molar-refractivity contribution in [2.45, 2.75) is 73.9 Å². The molecular weight excluding hydrogens is 600 g/mol. The smallest absolute Gasteiger partial charge is 0.336 e. The van der Waals surface area contributed by atoms with Gasteiger partial charge in [-0.1, -0.05) is 18.2 Å². The molecule has 15 heteroatoms. The minimum Gasteiger partial charge on any atom is -0.497 e. The molecule has 2 saturated heterocycles. The summed E-state index contributed by atoms with van der Waals surface area (Å²) in [5.74, 6) is 0.0530. The summed E-state index contributed by atoms with van der Waals surface area (Å²) in [6.45, 7) is -1.29. The van der Waals surface area contributed by atoms with Crippen LogP contribution < -0.4 is 14.2 Å². The molecular formula is C30H36O15. The zero-order chi connectivity index (χ0) is 32.4. The number of aliphatic hydroxyl groups excluding tert-OH is 8. The van der Waals surface area contributed by atoms with Crippen molar-refractivity contribution < 1.29 is 74.1 Å². The molecule has 0 bridgehead atoms. The van der Waals surface area contributed by atoms with E-state index in [9.17, 15) is 45.6 Å². The SMILES string of the molecule is COc1ccc2c(c1)OC(=O)/C=C(/c1ccc(OC3OC(CO)C(O)C(O)C3O)cc1)C(OC1OC(CO)C(O)C(O)C1O)C2. The van der Waals surface area contributed by atoms with Crippen molar-refractivity contribution in [1.29, 1.82) is 0 Å². The van der Waals surface area contributed by atoms with Gasteiger partial charge in [-0.05, 0) is 34.9 Å². The molecule has 0 aliphatic carbocycles. The lowest BCUT2D eigenvalue weighted by atomic mass is 9.93. The van der Waals surface area contributed by atoms with E-state index in [4.69, 9.17) is 28.4 Å². The molecule has 2 aromatic rings. The quantitative estimate of drug-likeness (QED) is 0.111. The van der Waals surface area contributed by atoms with E-state index in [1.54, 1.807) is 24.3 Å². The molecule has 11 unspecified atom stereocenters. The number of carbonyl (C=O) groups is 1. The monoisotopic (exact) mass is 636 g/mol. The first-order valence-electron chi connectivity index (χ1n) is 14.2. The van der Waals surface area contributed by atoms with Gasteiger partial charge in [0.25, 0.3) is 0 Å². The maximum atomic E-state index is 13.0. The van der Waals surface area contributed by atoms with Crippen molar-refractivity contribution in [3.05, 3.63) is 59.7 Å². The number of carbonyl (C=O) groups excluding carboxylic acids is 1. The van der Waals surface area contributed by atoms with Gasteiger partial charge in [-0.3, -0.25) is 0 Å². The summed E-state index contributed by atoms with van der Waals surface area (Å²) in [4.78, 5) is 13.0. The van der Waals surface area contributed by atoms with Crippen molar-refractivity contribution in [1.82, 2.24) is 0 Å². The first kappa shape index (κ1) is 33.2. The van der Waals surface area contributed by atoms with Crippen LogP contribution in [0.2, 0.25) is 0 Å². The van der Waals surface area contributed by atoms with Gasteiger partial charge in [0.2, 0.25) is 6.29 Å². The minimum atomic E-state index is -1.70. The molecule has 15 nitrogen and oxygen atoms in total. The van der Waals surface area contributed by atoms with Crippen LogP contribution in [0.4, 0.5) is 0 Å². The Bertz CT molecular complexity index is 1350. The van der Waals surface area contributed by atoms with Crippen LogP contribution in [0.3, 0.4) is 0 Å². The Morgan fingerprint density at radius 2 is 1.33 bits per heavy atom. The number of esters is 1. The van der Waals surface area contributed by atoms with E-state index < -0.39 is 86.7 Å². The van der Waals surface area contributed by atoms with Gasteiger partial charge < -0.3 is 69.3 Å². The van der Waals surface area contributed by atoms with Crippen molar-refractivity contribution in [2.24, 2.45) is 0 Å². The molecule has 0 amide bonds. The number of benzene rings is 2. The van der Waals surface area contributed by atoms with E-state index in [0.717, 1.165) is 0 Å². The summed E-state index contributed by atoms with van der Waals surface area (Å²) in [6.07, 6.45) is -14.9. The van der Waals surface area contributed by atoms with Crippen LogP contribution in [0, 0.1) is 0 Å². The van der Waals surface area contributed by atoms with Crippen LogP contribution in [0.25, 0.3) is 5.57 Å². The number of fused-ring (bicyclic) bond motifs is 1. The third-order valence-electron chi connectivity index (χ3n) is 7.95. The van der Waals surface area contributed by atoms with Crippen molar-refractivity contribution in [2.75, 3.05) is 20.3 Å².